The third-order valence-corrected chi connectivity index (χ3v) is 9.25. The van der Waals surface area contributed by atoms with Gasteiger partial charge >= 0.3 is 6.09 Å². The van der Waals surface area contributed by atoms with Crippen LogP contribution in [-0.4, -0.2) is 42.7 Å². The number of ether oxygens (including phenoxy) is 2. The third-order valence-electron chi connectivity index (χ3n) is 9.25. The molecule has 0 aliphatic heterocycles. The number of unbranched alkanes of at least 4 members (excludes halogenated alkanes) is 25. The number of amides is 1. The second-order valence-electron chi connectivity index (χ2n) is 14.5. The van der Waals surface area contributed by atoms with Crippen molar-refractivity contribution in [3.05, 3.63) is 0 Å². The minimum absolute atomic E-state index is 0.0113. The van der Waals surface area contributed by atoms with E-state index in [-0.39, 0.29) is 18.8 Å². The number of hydrogen-bond acceptors (Lipinski definition) is 4. The van der Waals surface area contributed by atoms with E-state index in [1.54, 1.807) is 0 Å². The molecule has 270 valence electrons. The fourth-order valence-electron chi connectivity index (χ4n) is 6.07. The van der Waals surface area contributed by atoms with E-state index >= 15 is 0 Å². The van der Waals surface area contributed by atoms with Crippen LogP contribution in [0, 0.1) is 0 Å². The molecule has 0 saturated heterocycles. The highest BCUT2D eigenvalue weighted by Gasteiger charge is 2.17. The molecular weight excluding hydrogens is 558 g/mol. The summed E-state index contributed by atoms with van der Waals surface area (Å²) >= 11 is 0. The predicted molar refractivity (Wildman–Crippen MR) is 195 cm³/mol. The molecule has 0 fully saturated rings. The van der Waals surface area contributed by atoms with E-state index < -0.39 is 5.60 Å². The molecule has 0 aliphatic carbocycles. The Kier molecular flexibility index (Phi) is 33.9. The zero-order valence-corrected chi connectivity index (χ0v) is 31.1. The molecule has 0 aromatic heterocycles. The molecule has 5 nitrogen and oxygen atoms in total. The van der Waals surface area contributed by atoms with Crippen molar-refractivity contribution < 1.29 is 19.4 Å². The van der Waals surface area contributed by atoms with Gasteiger partial charge in [-0.3, -0.25) is 0 Å². The highest BCUT2D eigenvalue weighted by molar-refractivity contribution is 5.67. The van der Waals surface area contributed by atoms with Crippen LogP contribution >= 0.6 is 0 Å². The van der Waals surface area contributed by atoms with Crippen molar-refractivity contribution in [2.24, 2.45) is 0 Å². The van der Waals surface area contributed by atoms with Crippen molar-refractivity contribution in [3.63, 3.8) is 0 Å². The van der Waals surface area contributed by atoms with Crippen LogP contribution in [0.25, 0.3) is 0 Å². The Hall–Kier alpha value is -0.810. The molecule has 0 aromatic rings. The van der Waals surface area contributed by atoms with E-state index in [1.807, 2.05) is 13.8 Å². The molecule has 5 heteroatoms. The van der Waals surface area contributed by atoms with Gasteiger partial charge in [-0.15, -0.1) is 0 Å². The van der Waals surface area contributed by atoms with E-state index in [4.69, 9.17) is 9.47 Å². The standard InChI is InChI=1S/C40H81NO4/c1-5-7-9-11-13-15-17-19-21-23-25-27-29-31-34-38(45-39(43)41-35-32-36-44-40(3,4)37-42)33-30-28-26-24-22-20-18-16-14-12-10-8-6-2/h38,42H,5-37H2,1-4H3,(H,41,43). The summed E-state index contributed by atoms with van der Waals surface area (Å²) in [5.74, 6) is 0. The van der Waals surface area contributed by atoms with Gasteiger partial charge in [-0.25, -0.2) is 4.79 Å². The van der Waals surface area contributed by atoms with Gasteiger partial charge in [0.2, 0.25) is 0 Å². The van der Waals surface area contributed by atoms with Crippen LogP contribution in [0.5, 0.6) is 0 Å². The van der Waals surface area contributed by atoms with Crippen LogP contribution in [0.2, 0.25) is 0 Å². The van der Waals surface area contributed by atoms with Crippen molar-refractivity contribution in [1.29, 1.82) is 0 Å². The predicted octanol–water partition coefficient (Wildman–Crippen LogP) is 12.6. The molecule has 0 rings (SSSR count). The molecule has 0 radical (unpaired) electrons. The summed E-state index contributed by atoms with van der Waals surface area (Å²) in [7, 11) is 0. The van der Waals surface area contributed by atoms with Crippen LogP contribution in [0.3, 0.4) is 0 Å². The minimum atomic E-state index is -0.535. The maximum atomic E-state index is 12.5. The number of aliphatic hydroxyl groups is 1. The number of hydrogen-bond donors (Lipinski definition) is 2. The Balaban J connectivity index is 4.09. The van der Waals surface area contributed by atoms with Gasteiger partial charge in [0.05, 0.1) is 12.2 Å². The van der Waals surface area contributed by atoms with Gasteiger partial charge < -0.3 is 19.9 Å². The zero-order chi connectivity index (χ0) is 33.1. The molecule has 0 heterocycles. The average Bonchev–Trinajstić information content (AvgIpc) is 3.03. The molecule has 45 heavy (non-hydrogen) atoms. The van der Waals surface area contributed by atoms with Crippen molar-refractivity contribution in [3.8, 4) is 0 Å². The van der Waals surface area contributed by atoms with E-state index in [9.17, 15) is 9.90 Å². The maximum Gasteiger partial charge on any atom is 0.407 e. The number of alkyl carbamates (subject to hydrolysis) is 1. The first-order valence-electron chi connectivity index (χ1n) is 20.1. The molecule has 0 bridgehead atoms. The topological polar surface area (TPSA) is 67.8 Å². The van der Waals surface area contributed by atoms with Gasteiger partial charge in [0, 0.05) is 13.2 Å². The quantitative estimate of drug-likeness (QED) is 0.0669. The van der Waals surface area contributed by atoms with Gasteiger partial charge in [0.15, 0.2) is 0 Å². The molecule has 0 aliphatic rings. The fourth-order valence-corrected chi connectivity index (χ4v) is 6.07. The minimum Gasteiger partial charge on any atom is -0.446 e. The summed E-state index contributed by atoms with van der Waals surface area (Å²) in [6, 6.07) is 0. The van der Waals surface area contributed by atoms with Gasteiger partial charge in [-0.05, 0) is 46.0 Å². The largest absolute Gasteiger partial charge is 0.446 e. The first-order chi connectivity index (χ1) is 21.9. The van der Waals surface area contributed by atoms with Crippen LogP contribution < -0.4 is 5.32 Å². The number of rotatable bonds is 36. The van der Waals surface area contributed by atoms with Crippen molar-refractivity contribution >= 4 is 6.09 Å². The van der Waals surface area contributed by atoms with Crippen LogP contribution in [0.4, 0.5) is 4.79 Å². The first kappa shape index (κ1) is 44.2. The van der Waals surface area contributed by atoms with Crippen molar-refractivity contribution in [2.45, 2.75) is 232 Å². The average molecular weight is 640 g/mol. The molecule has 2 N–H and O–H groups in total. The summed E-state index contributed by atoms with van der Waals surface area (Å²) in [5.41, 5.74) is -0.535. The Morgan fingerprint density at radius 1 is 0.556 bits per heavy atom. The van der Waals surface area contributed by atoms with Crippen molar-refractivity contribution in [1.82, 2.24) is 5.32 Å². The Labute approximate surface area is 282 Å². The lowest BCUT2D eigenvalue weighted by Crippen LogP contribution is -2.32. The van der Waals surface area contributed by atoms with Gasteiger partial charge in [0.25, 0.3) is 0 Å². The summed E-state index contributed by atoms with van der Waals surface area (Å²) in [6.45, 7) is 9.34. The van der Waals surface area contributed by atoms with Gasteiger partial charge in [-0.1, -0.05) is 174 Å². The van der Waals surface area contributed by atoms with Gasteiger partial charge in [0.1, 0.15) is 6.10 Å². The molecule has 0 spiro atoms. The molecule has 0 saturated carbocycles. The van der Waals surface area contributed by atoms with E-state index in [0.717, 1.165) is 25.7 Å². The molecule has 1 unspecified atom stereocenters. The third kappa shape index (κ3) is 34.3. The molecular formula is C40H81NO4. The lowest BCUT2D eigenvalue weighted by Gasteiger charge is -2.22. The summed E-state index contributed by atoms with van der Waals surface area (Å²) in [6.07, 6.45) is 39.1. The maximum absolute atomic E-state index is 12.5. The van der Waals surface area contributed by atoms with Crippen LogP contribution in [-0.2, 0) is 9.47 Å². The summed E-state index contributed by atoms with van der Waals surface area (Å²) in [4.78, 5) is 12.5. The fraction of sp³-hybridized carbons (Fsp3) is 0.975. The normalized spacial score (nSPS) is 12.5. The SMILES string of the molecule is CCCCCCCCCCCCCCCCC(CCCCCCCCCCCCCCC)OC(=O)NCCCOC(C)(C)CO. The lowest BCUT2D eigenvalue weighted by atomic mass is 10.0. The van der Waals surface area contributed by atoms with Gasteiger partial charge in [-0.2, -0.15) is 0 Å². The van der Waals surface area contributed by atoms with Crippen LogP contribution in [0.1, 0.15) is 220 Å². The molecule has 0 aromatic carbocycles. The Morgan fingerprint density at radius 3 is 1.22 bits per heavy atom. The molecule has 1 amide bonds. The van der Waals surface area contributed by atoms with Crippen LogP contribution in [0.15, 0.2) is 0 Å². The summed E-state index contributed by atoms with van der Waals surface area (Å²) < 4.78 is 11.6. The van der Waals surface area contributed by atoms with E-state index in [0.29, 0.717) is 19.6 Å². The lowest BCUT2D eigenvalue weighted by molar-refractivity contribution is -0.0539. The monoisotopic (exact) mass is 640 g/mol. The number of nitrogens with one attached hydrogen (secondary N) is 1. The summed E-state index contributed by atoms with van der Waals surface area (Å²) in [5, 5.41) is 12.2. The van der Waals surface area contributed by atoms with E-state index in [1.165, 1.54) is 161 Å². The number of carbonyl (C=O) groups is 1. The van der Waals surface area contributed by atoms with E-state index in [2.05, 4.69) is 19.2 Å². The Bertz CT molecular complexity index is 597. The number of aliphatic hydroxyl groups excluding tert-OH is 1. The highest BCUT2D eigenvalue weighted by Crippen LogP contribution is 2.19. The second-order valence-corrected chi connectivity index (χ2v) is 14.5. The first-order valence-corrected chi connectivity index (χ1v) is 20.1. The molecule has 1 atom stereocenters. The smallest absolute Gasteiger partial charge is 0.407 e. The Morgan fingerprint density at radius 2 is 0.889 bits per heavy atom. The number of carbonyl (C=O) groups excluding carboxylic acids is 1. The second kappa shape index (κ2) is 34.5. The zero-order valence-electron chi connectivity index (χ0n) is 31.1. The van der Waals surface area contributed by atoms with Crippen molar-refractivity contribution in [2.75, 3.05) is 19.8 Å². The highest BCUT2D eigenvalue weighted by atomic mass is 16.6.